The maximum Gasteiger partial charge on any atom is 0.135 e. The lowest BCUT2D eigenvalue weighted by Gasteiger charge is -2.26. The largest absolute Gasteiger partial charge is 0.299 e. The Morgan fingerprint density at radius 2 is 2.17 bits per heavy atom. The van der Waals surface area contributed by atoms with Gasteiger partial charge >= 0.3 is 0 Å². The van der Waals surface area contributed by atoms with Gasteiger partial charge in [0.05, 0.1) is 0 Å². The summed E-state index contributed by atoms with van der Waals surface area (Å²) in [5, 5.41) is 0. The first kappa shape index (κ1) is 9.76. The van der Waals surface area contributed by atoms with Crippen LogP contribution in [-0.4, -0.2) is 5.78 Å². The van der Waals surface area contributed by atoms with Gasteiger partial charge in [0.2, 0.25) is 0 Å². The first-order valence-electron chi connectivity index (χ1n) is 5.30. The van der Waals surface area contributed by atoms with Crippen LogP contribution in [0.2, 0.25) is 0 Å². The second-order valence-corrected chi connectivity index (χ2v) is 4.00. The maximum atomic E-state index is 11.4. The highest BCUT2D eigenvalue weighted by atomic mass is 16.1. The molecule has 0 aromatic rings. The van der Waals surface area contributed by atoms with Gasteiger partial charge < -0.3 is 0 Å². The van der Waals surface area contributed by atoms with Crippen LogP contribution >= 0.6 is 0 Å². The van der Waals surface area contributed by atoms with Crippen LogP contribution < -0.4 is 0 Å². The van der Waals surface area contributed by atoms with Gasteiger partial charge in [0.1, 0.15) is 5.78 Å². The minimum Gasteiger partial charge on any atom is -0.299 e. The SMILES string of the molecule is CCCC1CCC(=O)C(CC)C1. The molecule has 0 aliphatic heterocycles. The van der Waals surface area contributed by atoms with E-state index in [1.807, 2.05) is 0 Å². The van der Waals surface area contributed by atoms with E-state index >= 15 is 0 Å². The zero-order valence-electron chi connectivity index (χ0n) is 8.31. The second-order valence-electron chi connectivity index (χ2n) is 4.00. The van der Waals surface area contributed by atoms with Crippen LogP contribution in [-0.2, 0) is 4.79 Å². The van der Waals surface area contributed by atoms with Gasteiger partial charge in [-0.3, -0.25) is 4.79 Å². The Bertz CT molecular complexity index is 151. The molecule has 1 heteroatoms. The van der Waals surface area contributed by atoms with Gasteiger partial charge in [-0.05, 0) is 25.2 Å². The highest BCUT2D eigenvalue weighted by molar-refractivity contribution is 5.81. The van der Waals surface area contributed by atoms with Gasteiger partial charge in [-0.2, -0.15) is 0 Å². The predicted molar refractivity (Wildman–Crippen MR) is 51.0 cm³/mol. The Labute approximate surface area is 75.5 Å². The molecule has 0 aromatic heterocycles. The summed E-state index contributed by atoms with van der Waals surface area (Å²) in [4.78, 5) is 11.4. The molecular weight excluding hydrogens is 148 g/mol. The van der Waals surface area contributed by atoms with Gasteiger partial charge in [-0.25, -0.2) is 0 Å². The summed E-state index contributed by atoms with van der Waals surface area (Å²) in [6.07, 6.45) is 6.83. The molecule has 12 heavy (non-hydrogen) atoms. The van der Waals surface area contributed by atoms with Crippen molar-refractivity contribution in [2.75, 3.05) is 0 Å². The van der Waals surface area contributed by atoms with Gasteiger partial charge in [0.15, 0.2) is 0 Å². The molecule has 0 amide bonds. The van der Waals surface area contributed by atoms with Crippen molar-refractivity contribution < 1.29 is 4.79 Å². The third-order valence-electron chi connectivity index (χ3n) is 3.06. The van der Waals surface area contributed by atoms with Crippen LogP contribution in [0.5, 0.6) is 0 Å². The molecule has 1 nitrogen and oxygen atoms in total. The number of carbonyl (C=O) groups is 1. The predicted octanol–water partition coefficient (Wildman–Crippen LogP) is 3.18. The Kier molecular flexibility index (Phi) is 3.77. The zero-order valence-corrected chi connectivity index (χ0v) is 8.31. The molecule has 70 valence electrons. The van der Waals surface area contributed by atoms with Crippen molar-refractivity contribution in [2.24, 2.45) is 11.8 Å². The van der Waals surface area contributed by atoms with E-state index in [-0.39, 0.29) is 0 Å². The van der Waals surface area contributed by atoms with Gasteiger partial charge in [0, 0.05) is 12.3 Å². The van der Waals surface area contributed by atoms with Crippen molar-refractivity contribution in [2.45, 2.75) is 52.4 Å². The summed E-state index contributed by atoms with van der Waals surface area (Å²) >= 11 is 0. The number of Topliss-reactive ketones (excluding diaryl/α,β-unsaturated/α-hetero) is 1. The Hall–Kier alpha value is -0.330. The Morgan fingerprint density at radius 3 is 2.75 bits per heavy atom. The lowest BCUT2D eigenvalue weighted by atomic mass is 9.77. The third-order valence-corrected chi connectivity index (χ3v) is 3.06. The van der Waals surface area contributed by atoms with E-state index in [1.165, 1.54) is 19.3 Å². The topological polar surface area (TPSA) is 17.1 Å². The Balaban J connectivity index is 2.38. The van der Waals surface area contributed by atoms with E-state index in [0.717, 1.165) is 25.2 Å². The lowest BCUT2D eigenvalue weighted by Crippen LogP contribution is -2.24. The van der Waals surface area contributed by atoms with Crippen LogP contribution in [0.15, 0.2) is 0 Å². The summed E-state index contributed by atoms with van der Waals surface area (Å²) < 4.78 is 0. The first-order valence-corrected chi connectivity index (χ1v) is 5.30. The van der Waals surface area contributed by atoms with Crippen LogP contribution in [0.25, 0.3) is 0 Å². The number of ketones is 1. The fourth-order valence-corrected chi connectivity index (χ4v) is 2.27. The molecular formula is C11H20O. The quantitative estimate of drug-likeness (QED) is 0.632. The van der Waals surface area contributed by atoms with Crippen LogP contribution in [0.1, 0.15) is 52.4 Å². The molecule has 0 aromatic carbocycles. The van der Waals surface area contributed by atoms with E-state index in [2.05, 4.69) is 13.8 Å². The fourth-order valence-electron chi connectivity index (χ4n) is 2.27. The summed E-state index contributed by atoms with van der Waals surface area (Å²) in [6, 6.07) is 0. The van der Waals surface area contributed by atoms with E-state index < -0.39 is 0 Å². The van der Waals surface area contributed by atoms with Crippen LogP contribution in [0.4, 0.5) is 0 Å². The Morgan fingerprint density at radius 1 is 1.42 bits per heavy atom. The average molecular weight is 168 g/mol. The average Bonchev–Trinajstić information content (AvgIpc) is 2.09. The normalized spacial score (nSPS) is 30.7. The minimum absolute atomic E-state index is 0.398. The van der Waals surface area contributed by atoms with Crippen molar-refractivity contribution >= 4 is 5.78 Å². The van der Waals surface area contributed by atoms with Gasteiger partial charge in [0.25, 0.3) is 0 Å². The van der Waals surface area contributed by atoms with E-state index in [1.54, 1.807) is 0 Å². The molecule has 0 radical (unpaired) electrons. The minimum atomic E-state index is 0.398. The van der Waals surface area contributed by atoms with E-state index in [4.69, 9.17) is 0 Å². The fraction of sp³-hybridized carbons (Fsp3) is 0.909. The lowest BCUT2D eigenvalue weighted by molar-refractivity contribution is -0.125. The van der Waals surface area contributed by atoms with Crippen LogP contribution in [0, 0.1) is 11.8 Å². The maximum absolute atomic E-state index is 11.4. The monoisotopic (exact) mass is 168 g/mol. The molecule has 2 atom stereocenters. The highest BCUT2D eigenvalue weighted by Gasteiger charge is 2.26. The molecule has 1 saturated carbocycles. The molecule has 0 N–H and O–H groups in total. The number of hydrogen-bond acceptors (Lipinski definition) is 1. The number of hydrogen-bond donors (Lipinski definition) is 0. The molecule has 1 aliphatic carbocycles. The molecule has 2 unspecified atom stereocenters. The van der Waals surface area contributed by atoms with Crippen molar-refractivity contribution in [1.29, 1.82) is 0 Å². The second kappa shape index (κ2) is 4.64. The summed E-state index contributed by atoms with van der Waals surface area (Å²) in [7, 11) is 0. The van der Waals surface area contributed by atoms with Crippen molar-refractivity contribution in [3.63, 3.8) is 0 Å². The van der Waals surface area contributed by atoms with Crippen molar-refractivity contribution in [1.82, 2.24) is 0 Å². The summed E-state index contributed by atoms with van der Waals surface area (Å²) in [5.74, 6) is 1.76. The van der Waals surface area contributed by atoms with Crippen molar-refractivity contribution in [3.8, 4) is 0 Å². The summed E-state index contributed by atoms with van der Waals surface area (Å²) in [5.41, 5.74) is 0. The molecule has 0 saturated heterocycles. The molecule has 1 aliphatic rings. The first-order chi connectivity index (χ1) is 5.77. The molecule has 0 spiro atoms. The number of carbonyl (C=O) groups excluding carboxylic acids is 1. The van der Waals surface area contributed by atoms with Gasteiger partial charge in [-0.15, -0.1) is 0 Å². The zero-order chi connectivity index (χ0) is 8.97. The molecule has 1 fully saturated rings. The standard InChI is InChI=1S/C11H20O/c1-3-5-9-6-7-11(12)10(4-2)8-9/h9-10H,3-8H2,1-2H3. The highest BCUT2D eigenvalue weighted by Crippen LogP contribution is 2.31. The van der Waals surface area contributed by atoms with E-state index in [9.17, 15) is 4.79 Å². The van der Waals surface area contributed by atoms with Gasteiger partial charge in [-0.1, -0.05) is 26.7 Å². The van der Waals surface area contributed by atoms with Crippen molar-refractivity contribution in [3.05, 3.63) is 0 Å². The molecule has 0 heterocycles. The smallest absolute Gasteiger partial charge is 0.135 e. The summed E-state index contributed by atoms with van der Waals surface area (Å²) in [6.45, 7) is 4.37. The van der Waals surface area contributed by atoms with E-state index in [0.29, 0.717) is 11.7 Å². The van der Waals surface area contributed by atoms with Crippen LogP contribution in [0.3, 0.4) is 0 Å². The molecule has 0 bridgehead atoms. The molecule has 1 rings (SSSR count). The number of rotatable bonds is 3. The third kappa shape index (κ3) is 2.33.